The van der Waals surface area contributed by atoms with Gasteiger partial charge in [0.05, 0.1) is 10.7 Å². The SMILES string of the molecule is O=C(NCCCc1nc2c(s1)CCCC2)C1(O)CCCC1. The second-order valence-corrected chi connectivity index (χ2v) is 7.45. The molecule has 0 aromatic carbocycles. The zero-order valence-corrected chi connectivity index (χ0v) is 13.3. The number of fused-ring (bicyclic) bond motifs is 1. The van der Waals surface area contributed by atoms with Crippen LogP contribution in [0.2, 0.25) is 0 Å². The summed E-state index contributed by atoms with van der Waals surface area (Å²) in [6.45, 7) is 0.630. The van der Waals surface area contributed by atoms with Crippen molar-refractivity contribution in [3.8, 4) is 0 Å². The molecule has 0 bridgehead atoms. The van der Waals surface area contributed by atoms with Crippen molar-refractivity contribution in [1.82, 2.24) is 10.3 Å². The van der Waals surface area contributed by atoms with E-state index >= 15 is 0 Å². The van der Waals surface area contributed by atoms with E-state index < -0.39 is 5.60 Å². The van der Waals surface area contributed by atoms with Gasteiger partial charge in [-0.1, -0.05) is 0 Å². The van der Waals surface area contributed by atoms with Gasteiger partial charge >= 0.3 is 0 Å². The third-order valence-corrected chi connectivity index (χ3v) is 5.81. The Morgan fingerprint density at radius 1 is 1.24 bits per heavy atom. The smallest absolute Gasteiger partial charge is 0.251 e. The first kappa shape index (κ1) is 15.0. The standard InChI is InChI=1S/C16H24N2O2S/c19-15(16(20)9-3-4-10-16)17-11-5-8-14-18-12-6-1-2-7-13(12)21-14/h20H,1-11H2,(H,17,19). The summed E-state index contributed by atoms with van der Waals surface area (Å²) in [4.78, 5) is 18.2. The minimum absolute atomic E-state index is 0.182. The van der Waals surface area contributed by atoms with Gasteiger partial charge in [-0.3, -0.25) is 4.79 Å². The van der Waals surface area contributed by atoms with Crippen molar-refractivity contribution >= 4 is 17.2 Å². The second kappa shape index (κ2) is 6.44. The second-order valence-electron chi connectivity index (χ2n) is 6.28. The fourth-order valence-electron chi connectivity index (χ4n) is 3.31. The Hall–Kier alpha value is -0.940. The normalized spacial score (nSPS) is 20.2. The largest absolute Gasteiger partial charge is 0.380 e. The van der Waals surface area contributed by atoms with E-state index in [9.17, 15) is 9.90 Å². The zero-order chi connectivity index (χ0) is 14.7. The van der Waals surface area contributed by atoms with Crippen LogP contribution in [0, 0.1) is 0 Å². The molecule has 1 aromatic rings. The number of carbonyl (C=O) groups excluding carboxylic acids is 1. The summed E-state index contributed by atoms with van der Waals surface area (Å²) in [5.41, 5.74) is 0.214. The lowest BCUT2D eigenvalue weighted by molar-refractivity contribution is -0.139. The quantitative estimate of drug-likeness (QED) is 0.821. The average Bonchev–Trinajstić information content (AvgIpc) is 3.10. The molecule has 116 valence electrons. The predicted octanol–water partition coefficient (Wildman–Crippen LogP) is 2.38. The van der Waals surface area contributed by atoms with Crippen LogP contribution in [0.5, 0.6) is 0 Å². The van der Waals surface area contributed by atoms with Crippen LogP contribution >= 0.6 is 11.3 Å². The number of hydrogen-bond acceptors (Lipinski definition) is 4. The molecule has 1 fully saturated rings. The van der Waals surface area contributed by atoms with Crippen molar-refractivity contribution < 1.29 is 9.90 Å². The van der Waals surface area contributed by atoms with Gasteiger partial charge in [0.2, 0.25) is 0 Å². The van der Waals surface area contributed by atoms with Gasteiger partial charge in [0, 0.05) is 17.8 Å². The molecule has 1 aromatic heterocycles. The van der Waals surface area contributed by atoms with Gasteiger partial charge in [-0.05, 0) is 57.8 Å². The maximum absolute atomic E-state index is 12.0. The molecule has 2 aliphatic carbocycles. The summed E-state index contributed by atoms with van der Waals surface area (Å²) >= 11 is 1.85. The van der Waals surface area contributed by atoms with Gasteiger partial charge in [-0.25, -0.2) is 4.98 Å². The van der Waals surface area contributed by atoms with Crippen LogP contribution in [0.15, 0.2) is 0 Å². The third kappa shape index (κ3) is 3.46. The first-order valence-corrected chi connectivity index (χ1v) is 8.97. The van der Waals surface area contributed by atoms with Crippen molar-refractivity contribution in [3.63, 3.8) is 0 Å². The Bertz CT molecular complexity index is 483. The van der Waals surface area contributed by atoms with Crippen LogP contribution in [0.4, 0.5) is 0 Å². The van der Waals surface area contributed by atoms with Crippen LogP contribution in [0.1, 0.15) is 60.5 Å². The topological polar surface area (TPSA) is 62.2 Å². The lowest BCUT2D eigenvalue weighted by atomic mass is 10.0. The molecule has 1 heterocycles. The average molecular weight is 308 g/mol. The Labute approximate surface area is 130 Å². The Balaban J connectivity index is 1.42. The van der Waals surface area contributed by atoms with Crippen LogP contribution < -0.4 is 5.32 Å². The van der Waals surface area contributed by atoms with Gasteiger partial charge < -0.3 is 10.4 Å². The van der Waals surface area contributed by atoms with E-state index in [1.165, 1.54) is 34.8 Å². The van der Waals surface area contributed by atoms with Crippen LogP contribution in [-0.4, -0.2) is 28.1 Å². The first-order valence-electron chi connectivity index (χ1n) is 8.15. The summed E-state index contributed by atoms with van der Waals surface area (Å²) in [5.74, 6) is -0.182. The van der Waals surface area contributed by atoms with E-state index in [4.69, 9.17) is 4.98 Å². The fraction of sp³-hybridized carbons (Fsp3) is 0.750. The van der Waals surface area contributed by atoms with Crippen molar-refractivity contribution in [2.75, 3.05) is 6.54 Å². The van der Waals surface area contributed by atoms with E-state index in [2.05, 4.69) is 5.32 Å². The minimum atomic E-state index is -1.10. The number of carbonyl (C=O) groups is 1. The van der Waals surface area contributed by atoms with E-state index in [-0.39, 0.29) is 5.91 Å². The van der Waals surface area contributed by atoms with Crippen LogP contribution in [0.3, 0.4) is 0 Å². The summed E-state index contributed by atoms with van der Waals surface area (Å²) in [5, 5.41) is 14.3. The summed E-state index contributed by atoms with van der Waals surface area (Å²) in [6, 6.07) is 0. The van der Waals surface area contributed by atoms with Crippen molar-refractivity contribution in [2.45, 2.75) is 69.8 Å². The molecule has 0 spiro atoms. The molecule has 4 nitrogen and oxygen atoms in total. The summed E-state index contributed by atoms with van der Waals surface area (Å²) in [6.07, 6.45) is 9.84. The Kier molecular flexibility index (Phi) is 4.60. The molecule has 0 saturated heterocycles. The monoisotopic (exact) mass is 308 g/mol. The van der Waals surface area contributed by atoms with Crippen molar-refractivity contribution in [3.05, 3.63) is 15.6 Å². The molecule has 1 amide bonds. The maximum Gasteiger partial charge on any atom is 0.251 e. The molecular weight excluding hydrogens is 284 g/mol. The molecule has 3 rings (SSSR count). The number of hydrogen-bond donors (Lipinski definition) is 2. The van der Waals surface area contributed by atoms with E-state index in [0.717, 1.165) is 32.1 Å². The highest BCUT2D eigenvalue weighted by atomic mass is 32.1. The van der Waals surface area contributed by atoms with Crippen molar-refractivity contribution in [1.29, 1.82) is 0 Å². The number of aromatic nitrogens is 1. The Morgan fingerprint density at radius 2 is 2.00 bits per heavy atom. The number of amides is 1. The van der Waals surface area contributed by atoms with Crippen LogP contribution in [-0.2, 0) is 24.1 Å². The number of nitrogens with zero attached hydrogens (tertiary/aromatic N) is 1. The van der Waals surface area contributed by atoms with Gasteiger partial charge in [0.1, 0.15) is 5.60 Å². The highest BCUT2D eigenvalue weighted by Crippen LogP contribution is 2.29. The highest BCUT2D eigenvalue weighted by Gasteiger charge is 2.38. The minimum Gasteiger partial charge on any atom is -0.380 e. The number of aryl methyl sites for hydroxylation is 3. The summed E-state index contributed by atoms with van der Waals surface area (Å²) < 4.78 is 0. The zero-order valence-electron chi connectivity index (χ0n) is 12.5. The number of aliphatic hydroxyl groups is 1. The van der Waals surface area contributed by atoms with Gasteiger partial charge in [-0.15, -0.1) is 11.3 Å². The maximum atomic E-state index is 12.0. The Morgan fingerprint density at radius 3 is 2.76 bits per heavy atom. The molecule has 0 aliphatic heterocycles. The molecule has 5 heteroatoms. The van der Waals surface area contributed by atoms with E-state index in [0.29, 0.717) is 19.4 Å². The third-order valence-electron chi connectivity index (χ3n) is 4.60. The fourth-order valence-corrected chi connectivity index (χ4v) is 4.50. The lowest BCUT2D eigenvalue weighted by Crippen LogP contribution is -2.45. The molecular formula is C16H24N2O2S. The molecule has 1 saturated carbocycles. The molecule has 2 N–H and O–H groups in total. The molecule has 21 heavy (non-hydrogen) atoms. The predicted molar refractivity (Wildman–Crippen MR) is 83.5 cm³/mol. The van der Waals surface area contributed by atoms with Crippen molar-refractivity contribution in [2.24, 2.45) is 0 Å². The number of rotatable bonds is 5. The number of nitrogens with one attached hydrogen (secondary N) is 1. The molecule has 2 aliphatic rings. The number of thiazole rings is 1. The van der Waals surface area contributed by atoms with Crippen LogP contribution in [0.25, 0.3) is 0 Å². The lowest BCUT2D eigenvalue weighted by Gasteiger charge is -2.20. The first-order chi connectivity index (χ1) is 10.2. The molecule has 0 atom stereocenters. The van der Waals surface area contributed by atoms with Gasteiger partial charge in [-0.2, -0.15) is 0 Å². The summed E-state index contributed by atoms with van der Waals surface area (Å²) in [7, 11) is 0. The molecule has 0 radical (unpaired) electrons. The van der Waals surface area contributed by atoms with Gasteiger partial charge in [0.25, 0.3) is 5.91 Å². The van der Waals surface area contributed by atoms with E-state index in [1.807, 2.05) is 11.3 Å². The van der Waals surface area contributed by atoms with E-state index in [1.54, 1.807) is 0 Å². The molecule has 0 unspecified atom stereocenters. The van der Waals surface area contributed by atoms with Gasteiger partial charge in [0.15, 0.2) is 0 Å². The highest BCUT2D eigenvalue weighted by molar-refractivity contribution is 7.11.